The van der Waals surface area contributed by atoms with Crippen molar-refractivity contribution in [3.8, 4) is 0 Å². The predicted octanol–water partition coefficient (Wildman–Crippen LogP) is 2.20. The predicted molar refractivity (Wildman–Crippen MR) is 71.6 cm³/mol. The molecule has 3 heteroatoms. The summed E-state index contributed by atoms with van der Waals surface area (Å²) in [6.45, 7) is 4.12. The van der Waals surface area contributed by atoms with Gasteiger partial charge in [-0.2, -0.15) is 0 Å². The van der Waals surface area contributed by atoms with Crippen LogP contribution < -0.4 is 5.56 Å². The van der Waals surface area contributed by atoms with Crippen molar-refractivity contribution in [1.82, 2.24) is 4.57 Å². The molecular formula is C15H17NO2. The molecular weight excluding hydrogens is 226 g/mol. The van der Waals surface area contributed by atoms with Gasteiger partial charge >= 0.3 is 0 Å². The minimum Gasteiger partial charge on any atom is -0.387 e. The molecule has 2 aromatic rings. The number of aliphatic hydroxyl groups is 1. The van der Waals surface area contributed by atoms with Gasteiger partial charge in [0.1, 0.15) is 0 Å². The summed E-state index contributed by atoms with van der Waals surface area (Å²) in [6.07, 6.45) is 1.06. The van der Waals surface area contributed by atoms with Crippen LogP contribution in [0.3, 0.4) is 0 Å². The summed E-state index contributed by atoms with van der Waals surface area (Å²) >= 11 is 0. The first kappa shape index (κ1) is 12.6. The first-order valence-corrected chi connectivity index (χ1v) is 5.98. The number of aromatic nitrogens is 1. The monoisotopic (exact) mass is 243 g/mol. The highest BCUT2D eigenvalue weighted by atomic mass is 16.3. The van der Waals surface area contributed by atoms with Crippen molar-refractivity contribution < 1.29 is 5.11 Å². The van der Waals surface area contributed by atoms with Crippen molar-refractivity contribution in [2.45, 2.75) is 26.5 Å². The lowest BCUT2D eigenvalue weighted by Gasteiger charge is -2.15. The van der Waals surface area contributed by atoms with E-state index >= 15 is 0 Å². The molecule has 0 aliphatic heterocycles. The highest BCUT2D eigenvalue weighted by Crippen LogP contribution is 2.18. The van der Waals surface area contributed by atoms with Crippen LogP contribution in [-0.4, -0.2) is 9.67 Å². The Morgan fingerprint density at radius 2 is 1.94 bits per heavy atom. The maximum Gasteiger partial charge on any atom is 0.250 e. The number of aliphatic hydroxyl groups excluding tert-OH is 1. The number of nitrogens with zero attached hydrogens (tertiary/aromatic N) is 1. The van der Waals surface area contributed by atoms with Crippen LogP contribution in [0.25, 0.3) is 0 Å². The van der Waals surface area contributed by atoms with Crippen molar-refractivity contribution in [3.05, 3.63) is 69.6 Å². The Kier molecular flexibility index (Phi) is 3.63. The molecule has 18 heavy (non-hydrogen) atoms. The zero-order chi connectivity index (χ0) is 13.1. The van der Waals surface area contributed by atoms with Crippen LogP contribution in [0, 0.1) is 13.8 Å². The molecule has 1 N–H and O–H groups in total. The second-order valence-electron chi connectivity index (χ2n) is 4.57. The Hall–Kier alpha value is -1.87. The smallest absolute Gasteiger partial charge is 0.250 e. The van der Waals surface area contributed by atoms with E-state index < -0.39 is 6.10 Å². The normalized spacial score (nSPS) is 12.4. The molecule has 94 valence electrons. The molecule has 1 unspecified atom stereocenters. The molecule has 1 aromatic heterocycles. The van der Waals surface area contributed by atoms with Gasteiger partial charge in [0.05, 0.1) is 12.6 Å². The van der Waals surface area contributed by atoms with Gasteiger partial charge in [-0.3, -0.25) is 4.79 Å². The second-order valence-corrected chi connectivity index (χ2v) is 4.57. The number of pyridine rings is 1. The Bertz CT molecular complexity index is 601. The number of aryl methyl sites for hydroxylation is 2. The van der Waals surface area contributed by atoms with Gasteiger partial charge in [-0.05, 0) is 36.6 Å². The van der Waals surface area contributed by atoms with Crippen LogP contribution in [0.1, 0.15) is 22.8 Å². The summed E-state index contributed by atoms with van der Waals surface area (Å²) in [4.78, 5) is 11.7. The topological polar surface area (TPSA) is 42.2 Å². The van der Waals surface area contributed by atoms with Crippen LogP contribution in [-0.2, 0) is 6.54 Å². The van der Waals surface area contributed by atoms with Gasteiger partial charge < -0.3 is 9.67 Å². The van der Waals surface area contributed by atoms with Crippen LogP contribution in [0.2, 0.25) is 0 Å². The lowest BCUT2D eigenvalue weighted by atomic mass is 10.0. The molecule has 0 amide bonds. The number of hydrogen-bond acceptors (Lipinski definition) is 2. The zero-order valence-electron chi connectivity index (χ0n) is 10.6. The fourth-order valence-electron chi connectivity index (χ4n) is 2.00. The summed E-state index contributed by atoms with van der Waals surface area (Å²) in [6, 6.07) is 11.1. The van der Waals surface area contributed by atoms with Crippen molar-refractivity contribution in [3.63, 3.8) is 0 Å². The van der Waals surface area contributed by atoms with E-state index in [1.54, 1.807) is 12.3 Å². The maximum absolute atomic E-state index is 11.7. The Morgan fingerprint density at radius 3 is 2.61 bits per heavy atom. The molecule has 3 nitrogen and oxygen atoms in total. The fraction of sp³-hybridized carbons (Fsp3) is 0.267. The lowest BCUT2D eigenvalue weighted by Crippen LogP contribution is -2.22. The molecule has 0 aliphatic rings. The van der Waals surface area contributed by atoms with Crippen LogP contribution in [0.4, 0.5) is 0 Å². The molecule has 0 saturated carbocycles. The third-order valence-corrected chi connectivity index (χ3v) is 3.07. The lowest BCUT2D eigenvalue weighted by molar-refractivity contribution is 0.154. The molecule has 0 spiro atoms. The third kappa shape index (κ3) is 2.68. The second kappa shape index (κ2) is 5.19. The summed E-state index contributed by atoms with van der Waals surface area (Å²) in [7, 11) is 0. The molecule has 0 fully saturated rings. The van der Waals surface area contributed by atoms with E-state index in [0.717, 1.165) is 16.7 Å². The number of rotatable bonds is 3. The van der Waals surface area contributed by atoms with Crippen molar-refractivity contribution in [2.24, 2.45) is 0 Å². The van der Waals surface area contributed by atoms with Crippen molar-refractivity contribution in [1.29, 1.82) is 0 Å². The summed E-state index contributed by atoms with van der Waals surface area (Å²) < 4.78 is 1.53. The largest absolute Gasteiger partial charge is 0.387 e. The molecule has 1 aromatic carbocycles. The van der Waals surface area contributed by atoms with E-state index in [1.165, 1.54) is 4.57 Å². The van der Waals surface area contributed by atoms with Gasteiger partial charge in [-0.15, -0.1) is 0 Å². The number of hydrogen-bond donors (Lipinski definition) is 1. The van der Waals surface area contributed by atoms with E-state index in [2.05, 4.69) is 0 Å². The summed E-state index contributed by atoms with van der Waals surface area (Å²) in [5.74, 6) is 0. The molecule has 2 rings (SSSR count). The van der Waals surface area contributed by atoms with E-state index in [4.69, 9.17) is 0 Å². The van der Waals surface area contributed by atoms with Gasteiger partial charge in [0.25, 0.3) is 5.56 Å². The Morgan fingerprint density at radius 1 is 1.22 bits per heavy atom. The van der Waals surface area contributed by atoms with Crippen molar-refractivity contribution in [2.75, 3.05) is 0 Å². The zero-order valence-corrected chi connectivity index (χ0v) is 10.6. The van der Waals surface area contributed by atoms with Crippen LogP contribution >= 0.6 is 0 Å². The van der Waals surface area contributed by atoms with E-state index in [9.17, 15) is 9.90 Å². The van der Waals surface area contributed by atoms with Gasteiger partial charge in [0.15, 0.2) is 0 Å². The molecule has 1 heterocycles. The summed E-state index contributed by atoms with van der Waals surface area (Å²) in [5.41, 5.74) is 2.75. The molecule has 1 atom stereocenters. The fourth-order valence-corrected chi connectivity index (χ4v) is 2.00. The summed E-state index contributed by atoms with van der Waals surface area (Å²) in [5, 5.41) is 10.2. The van der Waals surface area contributed by atoms with Crippen molar-refractivity contribution >= 4 is 0 Å². The molecule has 0 saturated heterocycles. The van der Waals surface area contributed by atoms with E-state index in [0.29, 0.717) is 0 Å². The highest BCUT2D eigenvalue weighted by Gasteiger charge is 2.11. The Balaban J connectivity index is 2.24. The molecule has 0 aliphatic carbocycles. The van der Waals surface area contributed by atoms with Crippen LogP contribution in [0.5, 0.6) is 0 Å². The van der Waals surface area contributed by atoms with E-state index in [1.807, 2.05) is 44.2 Å². The molecule has 0 radical (unpaired) electrons. The third-order valence-electron chi connectivity index (χ3n) is 3.07. The SMILES string of the molecule is Cc1ccn(CC(O)c2ccccc2C)c(=O)c1. The van der Waals surface area contributed by atoms with E-state index in [-0.39, 0.29) is 12.1 Å². The van der Waals surface area contributed by atoms with Crippen LogP contribution in [0.15, 0.2) is 47.4 Å². The quantitative estimate of drug-likeness (QED) is 0.898. The van der Waals surface area contributed by atoms with Gasteiger partial charge in [-0.25, -0.2) is 0 Å². The van der Waals surface area contributed by atoms with Gasteiger partial charge in [0.2, 0.25) is 0 Å². The van der Waals surface area contributed by atoms with Gasteiger partial charge in [0, 0.05) is 12.3 Å². The van der Waals surface area contributed by atoms with Gasteiger partial charge in [-0.1, -0.05) is 24.3 Å². The average Bonchev–Trinajstić information content (AvgIpc) is 2.33. The standard InChI is InChI=1S/C15H17NO2/c1-11-7-8-16(15(18)9-11)10-14(17)13-6-4-3-5-12(13)2/h3-9,14,17H,10H2,1-2H3. The number of benzene rings is 1. The molecule has 0 bridgehead atoms. The maximum atomic E-state index is 11.7. The first-order chi connectivity index (χ1) is 8.58. The highest BCUT2D eigenvalue weighted by molar-refractivity contribution is 5.27. The first-order valence-electron chi connectivity index (χ1n) is 5.98. The Labute approximate surface area is 106 Å². The average molecular weight is 243 g/mol. The minimum absolute atomic E-state index is 0.0809. The minimum atomic E-state index is -0.661.